The summed E-state index contributed by atoms with van der Waals surface area (Å²) >= 11 is 18.2. The normalized spacial score (nSPS) is 18.4. The lowest BCUT2D eigenvalue weighted by molar-refractivity contribution is -0.145. The van der Waals surface area contributed by atoms with Gasteiger partial charge in [-0.05, 0) is 74.1 Å². The van der Waals surface area contributed by atoms with Gasteiger partial charge in [-0.1, -0.05) is 34.8 Å². The molecule has 1 aliphatic carbocycles. The van der Waals surface area contributed by atoms with Gasteiger partial charge in [0.25, 0.3) is 0 Å². The summed E-state index contributed by atoms with van der Waals surface area (Å²) in [7, 11) is -2.94. The summed E-state index contributed by atoms with van der Waals surface area (Å²) in [6, 6.07) is 9.66. The van der Waals surface area contributed by atoms with E-state index < -0.39 is 26.5 Å². The van der Waals surface area contributed by atoms with E-state index in [9.17, 15) is 13.2 Å². The molecule has 3 aromatic rings. The Balaban J connectivity index is 1.80. The maximum Gasteiger partial charge on any atom is 0.327 e. The number of methoxy groups -OCH3 is 1. The summed E-state index contributed by atoms with van der Waals surface area (Å²) in [5.41, 5.74) is 2.95. The lowest BCUT2D eigenvalue weighted by atomic mass is 9.79. The highest BCUT2D eigenvalue weighted by atomic mass is 35.5. The number of hydrogen-bond acceptors (Lipinski definition) is 4. The van der Waals surface area contributed by atoms with Crippen molar-refractivity contribution < 1.29 is 17.9 Å². The SMILES string of the molecule is COC(=O)[C@](C)([C@@H]1CCc2c([nH]c3ccc(Cl)cc23)C1)S(=O)(=O)c1ccc(Cl)c(Cl)c1. The molecule has 9 heteroatoms. The number of rotatable bonds is 4. The number of aromatic amines is 1. The molecule has 0 saturated heterocycles. The van der Waals surface area contributed by atoms with Gasteiger partial charge in [0, 0.05) is 21.6 Å². The van der Waals surface area contributed by atoms with Crippen molar-refractivity contribution in [1.82, 2.24) is 4.98 Å². The molecule has 1 N–H and O–H groups in total. The van der Waals surface area contributed by atoms with Crippen LogP contribution >= 0.6 is 34.8 Å². The number of benzene rings is 2. The van der Waals surface area contributed by atoms with Crippen LogP contribution in [-0.4, -0.2) is 31.2 Å². The Kier molecular flexibility index (Phi) is 5.80. The molecule has 164 valence electrons. The summed E-state index contributed by atoms with van der Waals surface area (Å²) < 4.78 is 30.6. The fourth-order valence-electron chi connectivity index (χ4n) is 4.46. The second kappa shape index (κ2) is 8.00. The molecule has 0 radical (unpaired) electrons. The average Bonchev–Trinajstić information content (AvgIpc) is 3.11. The first-order valence-corrected chi connectivity index (χ1v) is 12.3. The van der Waals surface area contributed by atoms with Gasteiger partial charge in [0.05, 0.1) is 22.1 Å². The molecule has 0 spiro atoms. The number of H-pyrrole nitrogens is 1. The van der Waals surface area contributed by atoms with Crippen LogP contribution in [0.2, 0.25) is 15.1 Å². The van der Waals surface area contributed by atoms with E-state index in [-0.39, 0.29) is 14.9 Å². The molecule has 0 unspecified atom stereocenters. The fourth-order valence-corrected chi connectivity index (χ4v) is 6.95. The lowest BCUT2D eigenvalue weighted by Crippen LogP contribution is -2.52. The molecule has 4 rings (SSSR count). The van der Waals surface area contributed by atoms with Crippen LogP contribution in [0.3, 0.4) is 0 Å². The number of halogens is 3. The van der Waals surface area contributed by atoms with Crippen LogP contribution < -0.4 is 0 Å². The van der Waals surface area contributed by atoms with Crippen LogP contribution in [0.1, 0.15) is 24.6 Å². The summed E-state index contributed by atoms with van der Waals surface area (Å²) in [6.07, 6.45) is 1.50. The number of aryl methyl sites for hydroxylation is 1. The number of hydrogen-bond donors (Lipinski definition) is 1. The molecule has 0 aliphatic heterocycles. The standard InChI is InChI=1S/C22H20Cl3NO4S/c1-22(21(27)30-2,31(28,29)14-5-7-17(24)18(25)11-14)12-3-6-15-16-10-13(23)4-8-19(16)26-20(15)9-12/h4-5,7-8,10-12,26H,3,6,9H2,1-2H3/t12-,22+/m1/s1. The number of carbonyl (C=O) groups excluding carboxylic acids is 1. The molecule has 2 atom stereocenters. The zero-order valence-corrected chi connectivity index (χ0v) is 19.9. The molecule has 0 saturated carbocycles. The monoisotopic (exact) mass is 499 g/mol. The van der Waals surface area contributed by atoms with Crippen LogP contribution in [0.25, 0.3) is 10.9 Å². The summed E-state index contributed by atoms with van der Waals surface area (Å²) in [6.45, 7) is 1.44. The molecule has 5 nitrogen and oxygen atoms in total. The quantitative estimate of drug-likeness (QED) is 0.470. The van der Waals surface area contributed by atoms with Crippen molar-refractivity contribution in [2.45, 2.75) is 35.8 Å². The van der Waals surface area contributed by atoms with E-state index in [0.29, 0.717) is 24.3 Å². The molecule has 2 aromatic carbocycles. The fraction of sp³-hybridized carbons (Fsp3) is 0.318. The van der Waals surface area contributed by atoms with E-state index >= 15 is 0 Å². The number of fused-ring (bicyclic) bond motifs is 3. The second-order valence-corrected chi connectivity index (χ2v) is 11.5. The Bertz CT molecular complexity index is 1300. The van der Waals surface area contributed by atoms with Gasteiger partial charge in [-0.2, -0.15) is 0 Å². The molecular weight excluding hydrogens is 481 g/mol. The van der Waals surface area contributed by atoms with Gasteiger partial charge in [0.2, 0.25) is 0 Å². The minimum atomic E-state index is -4.14. The summed E-state index contributed by atoms with van der Waals surface area (Å²) in [5, 5.41) is 2.00. The highest BCUT2D eigenvalue weighted by Gasteiger charge is 2.54. The molecule has 0 amide bonds. The third-order valence-corrected chi connectivity index (χ3v) is 9.74. The van der Waals surface area contributed by atoms with E-state index in [1.54, 1.807) is 6.07 Å². The third kappa shape index (κ3) is 3.54. The molecular formula is C22H20Cl3NO4S. The van der Waals surface area contributed by atoms with E-state index in [0.717, 1.165) is 22.2 Å². The minimum Gasteiger partial charge on any atom is -0.468 e. The van der Waals surface area contributed by atoms with Crippen molar-refractivity contribution in [3.63, 3.8) is 0 Å². The Morgan fingerprint density at radius 3 is 2.55 bits per heavy atom. The van der Waals surface area contributed by atoms with Gasteiger partial charge in [-0.25, -0.2) is 8.42 Å². The highest BCUT2D eigenvalue weighted by Crippen LogP contribution is 2.43. The van der Waals surface area contributed by atoms with Crippen molar-refractivity contribution in [1.29, 1.82) is 0 Å². The van der Waals surface area contributed by atoms with Crippen molar-refractivity contribution in [3.8, 4) is 0 Å². The largest absolute Gasteiger partial charge is 0.468 e. The van der Waals surface area contributed by atoms with Crippen LogP contribution in [0.4, 0.5) is 0 Å². The number of nitrogens with one attached hydrogen (secondary N) is 1. The highest BCUT2D eigenvalue weighted by molar-refractivity contribution is 7.93. The Morgan fingerprint density at radius 1 is 1.13 bits per heavy atom. The third-order valence-electron chi connectivity index (χ3n) is 6.28. The minimum absolute atomic E-state index is 0.0657. The van der Waals surface area contributed by atoms with Crippen LogP contribution in [0.5, 0.6) is 0 Å². The van der Waals surface area contributed by atoms with Crippen molar-refractivity contribution in [2.75, 3.05) is 7.11 Å². The van der Waals surface area contributed by atoms with Gasteiger partial charge in [-0.3, -0.25) is 4.79 Å². The molecule has 1 aliphatic rings. The van der Waals surface area contributed by atoms with Gasteiger partial charge >= 0.3 is 5.97 Å². The molecule has 1 aromatic heterocycles. The number of aromatic nitrogens is 1. The zero-order chi connectivity index (χ0) is 22.6. The Morgan fingerprint density at radius 2 is 1.87 bits per heavy atom. The zero-order valence-electron chi connectivity index (χ0n) is 16.8. The number of esters is 1. The number of ether oxygens (including phenoxy) is 1. The molecule has 0 fully saturated rings. The first-order valence-electron chi connectivity index (χ1n) is 9.66. The van der Waals surface area contributed by atoms with E-state index in [2.05, 4.69) is 4.98 Å². The van der Waals surface area contributed by atoms with Gasteiger partial charge in [-0.15, -0.1) is 0 Å². The predicted molar refractivity (Wildman–Crippen MR) is 123 cm³/mol. The molecule has 31 heavy (non-hydrogen) atoms. The molecule has 1 heterocycles. The first-order chi connectivity index (χ1) is 14.6. The first kappa shape index (κ1) is 22.5. The maximum atomic E-state index is 13.7. The van der Waals surface area contributed by atoms with E-state index in [1.807, 2.05) is 12.1 Å². The lowest BCUT2D eigenvalue weighted by Gasteiger charge is -2.36. The van der Waals surface area contributed by atoms with Crippen LogP contribution in [-0.2, 0) is 32.2 Å². The smallest absolute Gasteiger partial charge is 0.327 e. The van der Waals surface area contributed by atoms with Gasteiger partial charge < -0.3 is 9.72 Å². The number of carbonyl (C=O) groups is 1. The van der Waals surface area contributed by atoms with E-state index in [1.165, 1.54) is 32.2 Å². The van der Waals surface area contributed by atoms with Crippen molar-refractivity contribution in [2.24, 2.45) is 5.92 Å². The van der Waals surface area contributed by atoms with Crippen LogP contribution in [0.15, 0.2) is 41.3 Å². The van der Waals surface area contributed by atoms with Crippen molar-refractivity contribution >= 4 is 61.5 Å². The van der Waals surface area contributed by atoms with Gasteiger partial charge in [0.1, 0.15) is 0 Å². The van der Waals surface area contributed by atoms with Crippen molar-refractivity contribution in [3.05, 3.63) is 62.7 Å². The van der Waals surface area contributed by atoms with E-state index in [4.69, 9.17) is 39.5 Å². The Hall–Kier alpha value is -1.73. The summed E-state index contributed by atoms with van der Waals surface area (Å²) in [4.78, 5) is 16.2. The predicted octanol–water partition coefficient (Wildman–Crippen LogP) is 5.64. The topological polar surface area (TPSA) is 76.2 Å². The van der Waals surface area contributed by atoms with Gasteiger partial charge in [0.15, 0.2) is 14.6 Å². The molecule has 0 bridgehead atoms. The van der Waals surface area contributed by atoms with Crippen LogP contribution in [0, 0.1) is 5.92 Å². The Labute approximate surface area is 195 Å². The average molecular weight is 501 g/mol. The second-order valence-electron chi connectivity index (χ2n) is 7.89. The summed E-state index contributed by atoms with van der Waals surface area (Å²) in [5.74, 6) is -1.30. The maximum absolute atomic E-state index is 13.7. The number of sulfone groups is 1.